The monoisotopic (exact) mass is 794 g/mol. The molecule has 1 fully saturated rings. The molecule has 1 aliphatic rings. The van der Waals surface area contributed by atoms with E-state index in [1.165, 1.54) is 10.4 Å². The van der Waals surface area contributed by atoms with Crippen LogP contribution in [-0.4, -0.2) is 53.9 Å². The zero-order valence-corrected chi connectivity index (χ0v) is 34.3. The number of fused-ring (bicyclic) bond motifs is 1. The maximum absolute atomic E-state index is 11.6. The number of hydrogen-bond donors (Lipinski definition) is 2. The molecule has 57 heavy (non-hydrogen) atoms. The Kier molecular flexibility index (Phi) is 10.8. The normalized spacial score (nSPS) is 17.5. The first-order chi connectivity index (χ1) is 27.6. The van der Waals surface area contributed by atoms with Crippen LogP contribution >= 0.6 is 11.6 Å². The van der Waals surface area contributed by atoms with E-state index in [1.54, 1.807) is 7.11 Å². The van der Waals surface area contributed by atoms with E-state index in [9.17, 15) is 5.11 Å². The van der Waals surface area contributed by atoms with Gasteiger partial charge >= 0.3 is 0 Å². The van der Waals surface area contributed by atoms with Crippen molar-refractivity contribution in [2.24, 2.45) is 0 Å². The molecule has 0 aliphatic carbocycles. The number of nitrogens with zero attached hydrogens (tertiary/aromatic N) is 3. The summed E-state index contributed by atoms with van der Waals surface area (Å²) in [6.45, 7) is 6.96. The van der Waals surface area contributed by atoms with E-state index in [-0.39, 0.29) is 11.6 Å². The van der Waals surface area contributed by atoms with Crippen LogP contribution in [0.5, 0.6) is 5.75 Å². The van der Waals surface area contributed by atoms with E-state index in [0.29, 0.717) is 28.6 Å². The molecule has 0 saturated carbocycles. The third-order valence-electron chi connectivity index (χ3n) is 11.2. The number of methoxy groups -OCH3 is 1. The quantitative estimate of drug-likeness (QED) is 0.0727. The minimum absolute atomic E-state index is 0.215. The third-order valence-corrected chi connectivity index (χ3v) is 16.4. The van der Waals surface area contributed by atoms with Crippen LogP contribution in [0.15, 0.2) is 158 Å². The number of aliphatic hydroxyl groups excluding tert-OH is 1. The van der Waals surface area contributed by atoms with Gasteiger partial charge in [0.2, 0.25) is 5.95 Å². The van der Waals surface area contributed by atoms with Gasteiger partial charge in [0.05, 0.1) is 25.2 Å². The summed E-state index contributed by atoms with van der Waals surface area (Å²) in [5.74, 6) is 1.09. The van der Waals surface area contributed by atoms with Crippen LogP contribution in [0.1, 0.15) is 50.1 Å². The number of benzene rings is 5. The number of ether oxygens (including phenoxy) is 2. The molecule has 1 aliphatic heterocycles. The summed E-state index contributed by atoms with van der Waals surface area (Å²) >= 11 is 6.98. The average molecular weight is 795 g/mol. The number of aliphatic hydroxyl groups is 1. The van der Waals surface area contributed by atoms with E-state index in [0.717, 1.165) is 22.4 Å². The average Bonchev–Trinajstić information content (AvgIpc) is 3.84. The molecule has 2 N–H and O–H groups in total. The molecule has 3 heterocycles. The highest BCUT2D eigenvalue weighted by Gasteiger charge is 2.51. The Morgan fingerprint density at radius 3 is 1.81 bits per heavy atom. The molecule has 8 nitrogen and oxygen atoms in total. The van der Waals surface area contributed by atoms with E-state index < -0.39 is 32.3 Å². The van der Waals surface area contributed by atoms with Crippen molar-refractivity contribution >= 4 is 47.3 Å². The number of anilines is 1. The highest BCUT2D eigenvalue weighted by atomic mass is 35.5. The lowest BCUT2D eigenvalue weighted by Crippen LogP contribution is -2.67. The van der Waals surface area contributed by atoms with Crippen LogP contribution in [0.3, 0.4) is 0 Å². The van der Waals surface area contributed by atoms with Gasteiger partial charge in [0.15, 0.2) is 0 Å². The zero-order valence-electron chi connectivity index (χ0n) is 32.5. The van der Waals surface area contributed by atoms with Crippen molar-refractivity contribution in [1.29, 1.82) is 0 Å². The van der Waals surface area contributed by atoms with Gasteiger partial charge in [-0.05, 0) is 50.3 Å². The fraction of sp³-hybridized carbons (Fsp3) is 0.234. The van der Waals surface area contributed by atoms with E-state index >= 15 is 0 Å². The highest BCUT2D eigenvalue weighted by molar-refractivity contribution is 6.99. The van der Waals surface area contributed by atoms with Crippen molar-refractivity contribution in [1.82, 2.24) is 14.5 Å². The number of nitrogens with one attached hydrogen (secondary N) is 1. The minimum atomic E-state index is -2.86. The summed E-state index contributed by atoms with van der Waals surface area (Å²) in [6, 6.07) is 51.4. The number of hydrogen-bond acceptors (Lipinski definition) is 7. The Balaban J connectivity index is 1.14. The van der Waals surface area contributed by atoms with Crippen LogP contribution in [0.25, 0.3) is 11.0 Å². The predicted octanol–water partition coefficient (Wildman–Crippen LogP) is 8.72. The first-order valence-electron chi connectivity index (χ1n) is 19.3. The van der Waals surface area contributed by atoms with Crippen molar-refractivity contribution in [3.63, 3.8) is 0 Å². The number of aromatic nitrogens is 3. The van der Waals surface area contributed by atoms with E-state index in [4.69, 9.17) is 35.5 Å². The lowest BCUT2D eigenvalue weighted by Gasteiger charge is -2.43. The SMILES string of the molecule is COc1ccc(C(Nc2nc(Cl)c3ccn([C@H]4C[C@@H](O)[C@@H](CO[Si](c5ccccc5)(c5ccccc5)C(C)(C)C)O4)c3n2)(c2ccccc2)c2ccccc2)cc1. The Bertz CT molecular complexity index is 2330. The molecule has 10 heteroatoms. The Labute approximate surface area is 340 Å². The second-order valence-electron chi connectivity index (χ2n) is 15.5. The van der Waals surface area contributed by atoms with Gasteiger partial charge in [0.25, 0.3) is 8.32 Å². The fourth-order valence-corrected chi connectivity index (χ4v) is 13.2. The third kappa shape index (κ3) is 7.15. The van der Waals surface area contributed by atoms with E-state index in [1.807, 2.05) is 77.5 Å². The van der Waals surface area contributed by atoms with Gasteiger partial charge in [-0.25, -0.2) is 4.98 Å². The first-order valence-corrected chi connectivity index (χ1v) is 21.6. The molecule has 0 spiro atoms. The Morgan fingerprint density at radius 2 is 1.28 bits per heavy atom. The Morgan fingerprint density at radius 1 is 0.754 bits per heavy atom. The van der Waals surface area contributed by atoms with Gasteiger partial charge in [-0.3, -0.25) is 0 Å². The van der Waals surface area contributed by atoms with Gasteiger partial charge in [0, 0.05) is 12.6 Å². The van der Waals surface area contributed by atoms with Crippen LogP contribution < -0.4 is 20.4 Å². The van der Waals surface area contributed by atoms with Crippen LogP contribution in [-0.2, 0) is 14.7 Å². The van der Waals surface area contributed by atoms with Crippen LogP contribution in [0, 0.1) is 0 Å². The van der Waals surface area contributed by atoms with Crippen molar-refractivity contribution in [3.05, 3.63) is 180 Å². The zero-order chi connectivity index (χ0) is 39.6. The van der Waals surface area contributed by atoms with Gasteiger partial charge in [-0.2, -0.15) is 4.98 Å². The van der Waals surface area contributed by atoms with Crippen LogP contribution in [0.4, 0.5) is 5.95 Å². The summed E-state index contributed by atoms with van der Waals surface area (Å²) in [5, 5.41) is 18.4. The first kappa shape index (κ1) is 38.6. The molecule has 5 aromatic carbocycles. The summed E-state index contributed by atoms with van der Waals surface area (Å²) < 4.78 is 21.4. The molecule has 8 rings (SSSR count). The minimum Gasteiger partial charge on any atom is -0.497 e. The molecular formula is C47H47ClN4O4Si. The summed E-state index contributed by atoms with van der Waals surface area (Å²) in [4.78, 5) is 9.93. The fourth-order valence-electron chi connectivity index (χ4n) is 8.39. The van der Waals surface area contributed by atoms with Crippen molar-refractivity contribution in [3.8, 4) is 5.75 Å². The molecular weight excluding hydrogens is 748 g/mol. The summed E-state index contributed by atoms with van der Waals surface area (Å²) in [5.41, 5.74) is 2.62. The van der Waals surface area contributed by atoms with Gasteiger partial charge in [-0.1, -0.05) is 166 Å². The summed E-state index contributed by atoms with van der Waals surface area (Å²) in [7, 11) is -1.20. The smallest absolute Gasteiger partial charge is 0.261 e. The van der Waals surface area contributed by atoms with Crippen molar-refractivity contribution in [2.75, 3.05) is 19.0 Å². The van der Waals surface area contributed by atoms with Crippen molar-refractivity contribution < 1.29 is 19.0 Å². The largest absolute Gasteiger partial charge is 0.497 e. The van der Waals surface area contributed by atoms with Crippen molar-refractivity contribution in [2.45, 2.75) is 56.2 Å². The van der Waals surface area contributed by atoms with Gasteiger partial charge < -0.3 is 28.9 Å². The molecule has 3 atom stereocenters. The molecule has 2 aromatic heterocycles. The maximum Gasteiger partial charge on any atom is 0.261 e. The molecule has 7 aromatic rings. The molecule has 1 saturated heterocycles. The second kappa shape index (κ2) is 15.9. The van der Waals surface area contributed by atoms with Gasteiger partial charge in [-0.15, -0.1) is 0 Å². The predicted molar refractivity (Wildman–Crippen MR) is 230 cm³/mol. The van der Waals surface area contributed by atoms with E-state index in [2.05, 4.69) is 111 Å². The van der Waals surface area contributed by atoms with Crippen LogP contribution in [0.2, 0.25) is 10.2 Å². The molecule has 0 amide bonds. The number of rotatable bonds is 12. The lowest BCUT2D eigenvalue weighted by molar-refractivity contribution is -0.0397. The standard InChI is InChI=1S/C47H47ClN4O4Si/c1-46(2,3)57(37-21-13-7-14-22-37,38-23-15-8-16-24-38)55-32-41-40(53)31-42(56-41)52-30-29-39-43(48)49-45(50-44(39)52)51-47(33-17-9-5-10-18-33,34-19-11-6-12-20-34)35-25-27-36(54-4)28-26-35/h5-30,40-42,53H,31-32H2,1-4H3,(H,49,50,51)/t40-,41-,42-/m1/s1. The molecule has 0 radical (unpaired) electrons. The maximum atomic E-state index is 11.6. The molecule has 0 unspecified atom stereocenters. The molecule has 0 bridgehead atoms. The highest BCUT2D eigenvalue weighted by Crippen LogP contribution is 2.42. The molecule has 290 valence electrons. The summed E-state index contributed by atoms with van der Waals surface area (Å²) in [6.07, 6.45) is 0.413. The lowest BCUT2D eigenvalue weighted by atomic mass is 9.77. The van der Waals surface area contributed by atoms with Gasteiger partial charge in [0.1, 0.15) is 34.4 Å². The number of halogens is 1. The second-order valence-corrected chi connectivity index (χ2v) is 20.2. The Hall–Kier alpha value is -5.29. The topological polar surface area (TPSA) is 90.7 Å².